The minimum absolute atomic E-state index is 0.0364. The number of H-pyrrole nitrogens is 1. The molecule has 1 unspecified atom stereocenters. The number of ether oxygens (including phenoxy) is 2. The Kier molecular flexibility index (Phi) is 4.61. The Bertz CT molecular complexity index is 965. The van der Waals surface area contributed by atoms with Crippen molar-refractivity contribution in [3.05, 3.63) is 52.5 Å². The summed E-state index contributed by atoms with van der Waals surface area (Å²) in [6.45, 7) is 2.74. The number of aromatic amines is 1. The van der Waals surface area contributed by atoms with E-state index in [-0.39, 0.29) is 11.9 Å². The molecule has 3 aromatic rings. The van der Waals surface area contributed by atoms with Gasteiger partial charge in [-0.05, 0) is 35.6 Å². The van der Waals surface area contributed by atoms with Gasteiger partial charge >= 0.3 is 0 Å². The van der Waals surface area contributed by atoms with Crippen LogP contribution in [0.25, 0.3) is 10.6 Å². The lowest BCUT2D eigenvalue weighted by molar-refractivity contribution is 0.0744. The molecule has 3 heterocycles. The average Bonchev–Trinajstić information content (AvgIpc) is 3.40. The molecule has 0 aliphatic carbocycles. The summed E-state index contributed by atoms with van der Waals surface area (Å²) in [5, 5.41) is 9.45. The molecule has 0 radical (unpaired) electrons. The number of methoxy groups -OCH3 is 2. The molecule has 27 heavy (non-hydrogen) atoms. The molecule has 0 spiro atoms. The standard InChI is InChI=1S/C20H21N3O3S/c1-4-9-23-19(12-7-8-13(25-2)14(11-12)26-3)16-17(15-6-5-10-27-15)21-22-18(16)20(23)24/h5-8,10-11,19H,4,9H2,1-3H3,(H,21,22). The molecule has 7 heteroatoms. The Balaban J connectivity index is 1.88. The first-order chi connectivity index (χ1) is 13.2. The number of amides is 1. The van der Waals surface area contributed by atoms with Gasteiger partial charge in [0.25, 0.3) is 5.91 Å². The SMILES string of the molecule is CCCN1C(=O)c2n[nH]c(-c3cccs3)c2C1c1ccc(OC)c(OC)c1. The van der Waals surface area contributed by atoms with Crippen molar-refractivity contribution >= 4 is 17.2 Å². The second-order valence-electron chi connectivity index (χ2n) is 6.35. The van der Waals surface area contributed by atoms with Crippen molar-refractivity contribution in [3.8, 4) is 22.1 Å². The number of rotatable bonds is 6. The highest BCUT2D eigenvalue weighted by Gasteiger charge is 2.42. The summed E-state index contributed by atoms with van der Waals surface area (Å²) in [6, 6.07) is 9.65. The van der Waals surface area contributed by atoms with Crippen LogP contribution in [-0.4, -0.2) is 41.8 Å². The molecule has 1 aromatic carbocycles. The van der Waals surface area contributed by atoms with Gasteiger partial charge < -0.3 is 14.4 Å². The summed E-state index contributed by atoms with van der Waals surface area (Å²) in [7, 11) is 3.23. The van der Waals surface area contributed by atoms with Crippen molar-refractivity contribution in [2.75, 3.05) is 20.8 Å². The molecule has 0 bridgehead atoms. The van der Waals surface area contributed by atoms with E-state index in [9.17, 15) is 4.79 Å². The summed E-state index contributed by atoms with van der Waals surface area (Å²) in [5.41, 5.74) is 3.33. The first-order valence-electron chi connectivity index (χ1n) is 8.84. The van der Waals surface area contributed by atoms with Crippen LogP contribution in [0, 0.1) is 0 Å². The van der Waals surface area contributed by atoms with Gasteiger partial charge in [0.05, 0.1) is 30.8 Å². The van der Waals surface area contributed by atoms with Crippen LogP contribution in [-0.2, 0) is 0 Å². The monoisotopic (exact) mass is 383 g/mol. The fourth-order valence-corrected chi connectivity index (χ4v) is 4.37. The highest BCUT2D eigenvalue weighted by molar-refractivity contribution is 7.13. The third-order valence-electron chi connectivity index (χ3n) is 4.81. The van der Waals surface area contributed by atoms with Crippen LogP contribution in [0.3, 0.4) is 0 Å². The maximum absolute atomic E-state index is 13.0. The van der Waals surface area contributed by atoms with Crippen LogP contribution in [0.15, 0.2) is 35.7 Å². The molecule has 1 atom stereocenters. The van der Waals surface area contributed by atoms with E-state index in [1.807, 2.05) is 40.6 Å². The largest absolute Gasteiger partial charge is 0.493 e. The van der Waals surface area contributed by atoms with Crippen LogP contribution in [0.5, 0.6) is 11.5 Å². The van der Waals surface area contributed by atoms with Crippen molar-refractivity contribution < 1.29 is 14.3 Å². The second-order valence-corrected chi connectivity index (χ2v) is 7.30. The molecule has 6 nitrogen and oxygen atoms in total. The Morgan fingerprint density at radius 3 is 2.70 bits per heavy atom. The summed E-state index contributed by atoms with van der Waals surface area (Å²) in [5.74, 6) is 1.28. The number of thiophene rings is 1. The summed E-state index contributed by atoms with van der Waals surface area (Å²) >= 11 is 1.63. The number of carbonyl (C=O) groups excluding carboxylic acids is 1. The molecule has 0 saturated heterocycles. The molecule has 1 amide bonds. The van der Waals surface area contributed by atoms with Crippen molar-refractivity contribution in [2.24, 2.45) is 0 Å². The Morgan fingerprint density at radius 2 is 2.04 bits per heavy atom. The lowest BCUT2D eigenvalue weighted by Gasteiger charge is -2.26. The van der Waals surface area contributed by atoms with Gasteiger partial charge in [-0.2, -0.15) is 5.10 Å². The third-order valence-corrected chi connectivity index (χ3v) is 5.70. The van der Waals surface area contributed by atoms with Gasteiger partial charge in [0.15, 0.2) is 17.2 Å². The van der Waals surface area contributed by atoms with Crippen molar-refractivity contribution in [2.45, 2.75) is 19.4 Å². The van der Waals surface area contributed by atoms with Gasteiger partial charge in [0.1, 0.15) is 0 Å². The summed E-state index contributed by atoms with van der Waals surface area (Å²) in [6.07, 6.45) is 0.873. The molecule has 1 aliphatic heterocycles. The van der Waals surface area contributed by atoms with Crippen molar-refractivity contribution in [1.29, 1.82) is 0 Å². The van der Waals surface area contributed by atoms with E-state index in [0.29, 0.717) is 23.7 Å². The normalized spacial score (nSPS) is 15.9. The first kappa shape index (κ1) is 17.6. The lowest BCUT2D eigenvalue weighted by Crippen LogP contribution is -2.30. The Hall–Kier alpha value is -2.80. The van der Waals surface area contributed by atoms with E-state index in [2.05, 4.69) is 17.1 Å². The maximum Gasteiger partial charge on any atom is 0.275 e. The van der Waals surface area contributed by atoms with Crippen LogP contribution >= 0.6 is 11.3 Å². The van der Waals surface area contributed by atoms with E-state index in [4.69, 9.17) is 9.47 Å². The zero-order chi connectivity index (χ0) is 19.0. The molecule has 2 aromatic heterocycles. The summed E-state index contributed by atoms with van der Waals surface area (Å²) < 4.78 is 10.8. The lowest BCUT2D eigenvalue weighted by atomic mass is 9.97. The number of aromatic nitrogens is 2. The Morgan fingerprint density at radius 1 is 1.22 bits per heavy atom. The molecule has 4 rings (SSSR count). The van der Waals surface area contributed by atoms with Crippen molar-refractivity contribution in [3.63, 3.8) is 0 Å². The van der Waals surface area contributed by atoms with Gasteiger partial charge in [-0.1, -0.05) is 19.1 Å². The zero-order valence-corrected chi connectivity index (χ0v) is 16.3. The van der Waals surface area contributed by atoms with Crippen LogP contribution < -0.4 is 9.47 Å². The van der Waals surface area contributed by atoms with E-state index in [0.717, 1.165) is 28.1 Å². The number of nitrogens with zero attached hydrogens (tertiary/aromatic N) is 2. The first-order valence-corrected chi connectivity index (χ1v) is 9.72. The molecular formula is C20H21N3O3S. The average molecular weight is 383 g/mol. The maximum atomic E-state index is 13.0. The number of nitrogens with one attached hydrogen (secondary N) is 1. The van der Waals surface area contributed by atoms with Crippen LogP contribution in [0.1, 0.15) is 41.0 Å². The van der Waals surface area contributed by atoms with Gasteiger partial charge in [0.2, 0.25) is 0 Å². The molecule has 1 aliphatic rings. The summed E-state index contributed by atoms with van der Waals surface area (Å²) in [4.78, 5) is 16.0. The topological polar surface area (TPSA) is 67.5 Å². The molecular weight excluding hydrogens is 362 g/mol. The predicted octanol–water partition coefficient (Wildman–Crippen LogP) is 4.11. The molecule has 0 saturated carbocycles. The molecule has 140 valence electrons. The van der Waals surface area contributed by atoms with E-state index in [1.54, 1.807) is 25.6 Å². The van der Waals surface area contributed by atoms with Gasteiger partial charge in [0, 0.05) is 12.1 Å². The number of benzene rings is 1. The predicted molar refractivity (Wildman–Crippen MR) is 105 cm³/mol. The Labute approximate surface area is 161 Å². The quantitative estimate of drug-likeness (QED) is 0.696. The number of hydrogen-bond donors (Lipinski definition) is 1. The smallest absolute Gasteiger partial charge is 0.275 e. The molecule has 1 N–H and O–H groups in total. The minimum Gasteiger partial charge on any atom is -0.493 e. The van der Waals surface area contributed by atoms with E-state index in [1.165, 1.54) is 0 Å². The van der Waals surface area contributed by atoms with Crippen molar-refractivity contribution in [1.82, 2.24) is 15.1 Å². The molecule has 0 fully saturated rings. The van der Waals surface area contributed by atoms with Crippen LogP contribution in [0.2, 0.25) is 0 Å². The van der Waals surface area contributed by atoms with Gasteiger partial charge in [-0.3, -0.25) is 9.89 Å². The fourth-order valence-electron chi connectivity index (χ4n) is 3.64. The van der Waals surface area contributed by atoms with E-state index < -0.39 is 0 Å². The number of hydrogen-bond acceptors (Lipinski definition) is 5. The third kappa shape index (κ3) is 2.78. The second kappa shape index (κ2) is 7.08. The van der Waals surface area contributed by atoms with E-state index >= 15 is 0 Å². The minimum atomic E-state index is -0.205. The number of carbonyl (C=O) groups is 1. The fraction of sp³-hybridized carbons (Fsp3) is 0.300. The highest BCUT2D eigenvalue weighted by atomic mass is 32.1. The van der Waals surface area contributed by atoms with Crippen LogP contribution in [0.4, 0.5) is 0 Å². The van der Waals surface area contributed by atoms with Gasteiger partial charge in [-0.25, -0.2) is 0 Å². The number of fused-ring (bicyclic) bond motifs is 1. The van der Waals surface area contributed by atoms with Gasteiger partial charge in [-0.15, -0.1) is 11.3 Å². The zero-order valence-electron chi connectivity index (χ0n) is 15.5. The highest BCUT2D eigenvalue weighted by Crippen LogP contribution is 2.45.